The number of furan rings is 2. The van der Waals surface area contributed by atoms with Crippen LogP contribution in [-0.2, 0) is 0 Å². The summed E-state index contributed by atoms with van der Waals surface area (Å²) in [6, 6.07) is 60.7. The molecule has 0 saturated carbocycles. The smallest absolute Gasteiger partial charge is 0.227 e. The molecule has 55 heavy (non-hydrogen) atoms. The van der Waals surface area contributed by atoms with Crippen molar-refractivity contribution in [3.05, 3.63) is 176 Å². The molecule has 8 aromatic carbocycles. The lowest BCUT2D eigenvalue weighted by molar-refractivity contribution is 0.622. The van der Waals surface area contributed by atoms with Crippen molar-refractivity contribution in [3.63, 3.8) is 0 Å². The highest BCUT2D eigenvalue weighted by Gasteiger charge is 2.27. The Morgan fingerprint density at radius 3 is 1.87 bits per heavy atom. The monoisotopic (exact) mass is 707 g/mol. The van der Waals surface area contributed by atoms with Crippen molar-refractivity contribution in [1.82, 2.24) is 9.55 Å². The number of anilines is 3. The summed E-state index contributed by atoms with van der Waals surface area (Å²) in [7, 11) is 0. The number of nitrogens with zero attached hydrogens (tertiary/aromatic N) is 3. The van der Waals surface area contributed by atoms with Gasteiger partial charge in [-0.25, -0.2) is 4.98 Å². The summed E-state index contributed by atoms with van der Waals surface area (Å²) in [5, 5.41) is 6.23. The molecule has 6 nitrogen and oxygen atoms in total. The second-order valence-electron chi connectivity index (χ2n) is 13.9. The molecule has 4 heterocycles. The van der Waals surface area contributed by atoms with Crippen LogP contribution in [0, 0.1) is 0 Å². The van der Waals surface area contributed by atoms with Crippen LogP contribution in [0.15, 0.2) is 189 Å². The van der Waals surface area contributed by atoms with Crippen molar-refractivity contribution < 1.29 is 13.3 Å². The third kappa shape index (κ3) is 4.39. The van der Waals surface area contributed by atoms with Gasteiger partial charge in [0.25, 0.3) is 0 Å². The Bertz CT molecular complexity index is 3440. The van der Waals surface area contributed by atoms with E-state index in [0.717, 1.165) is 94.1 Å². The number of para-hydroxylation sites is 4. The number of hydrogen-bond donors (Lipinski definition) is 0. The molecule has 0 bridgehead atoms. The molecule has 6 heteroatoms. The van der Waals surface area contributed by atoms with Crippen LogP contribution in [0.1, 0.15) is 0 Å². The van der Waals surface area contributed by atoms with Crippen molar-refractivity contribution in [2.24, 2.45) is 0 Å². The van der Waals surface area contributed by atoms with Crippen LogP contribution in [0.2, 0.25) is 0 Å². The minimum absolute atomic E-state index is 0.544. The van der Waals surface area contributed by atoms with Gasteiger partial charge in [0, 0.05) is 44.5 Å². The van der Waals surface area contributed by atoms with Crippen LogP contribution in [0.3, 0.4) is 0 Å². The van der Waals surface area contributed by atoms with Gasteiger partial charge in [0.1, 0.15) is 27.8 Å². The fourth-order valence-electron chi connectivity index (χ4n) is 8.44. The van der Waals surface area contributed by atoms with Gasteiger partial charge in [-0.1, -0.05) is 97.1 Å². The van der Waals surface area contributed by atoms with Crippen LogP contribution in [0.25, 0.3) is 93.9 Å². The molecule has 0 radical (unpaired) electrons. The molecule has 12 aromatic rings. The van der Waals surface area contributed by atoms with Gasteiger partial charge in [0.2, 0.25) is 5.89 Å². The predicted molar refractivity (Wildman–Crippen MR) is 223 cm³/mol. The van der Waals surface area contributed by atoms with Crippen molar-refractivity contribution in [2.45, 2.75) is 0 Å². The first-order valence-corrected chi connectivity index (χ1v) is 18.4. The Morgan fingerprint density at radius 2 is 1.07 bits per heavy atom. The summed E-state index contributed by atoms with van der Waals surface area (Å²) in [5.41, 5.74) is 11.6. The molecule has 0 aliphatic carbocycles. The minimum Gasteiger partial charge on any atom is -0.456 e. The van der Waals surface area contributed by atoms with E-state index in [1.165, 1.54) is 5.39 Å². The summed E-state index contributed by atoms with van der Waals surface area (Å²) in [6.07, 6.45) is 0. The molecule has 0 spiro atoms. The highest BCUT2D eigenvalue weighted by molar-refractivity contribution is 6.22. The van der Waals surface area contributed by atoms with Gasteiger partial charge < -0.3 is 22.7 Å². The van der Waals surface area contributed by atoms with E-state index < -0.39 is 0 Å². The lowest BCUT2D eigenvalue weighted by Crippen LogP contribution is -2.11. The van der Waals surface area contributed by atoms with Gasteiger partial charge in [-0.3, -0.25) is 0 Å². The molecule has 0 saturated heterocycles. The minimum atomic E-state index is 0.544. The maximum absolute atomic E-state index is 6.80. The highest BCUT2D eigenvalue weighted by Crippen LogP contribution is 2.49. The quantitative estimate of drug-likeness (QED) is 0.178. The van der Waals surface area contributed by atoms with Gasteiger partial charge in [0.05, 0.1) is 33.2 Å². The average Bonchev–Trinajstić information content (AvgIpc) is 4.02. The summed E-state index contributed by atoms with van der Waals surface area (Å²) in [6.45, 7) is 0. The highest BCUT2D eigenvalue weighted by atomic mass is 16.4. The Hall–Kier alpha value is -7.57. The maximum Gasteiger partial charge on any atom is 0.227 e. The van der Waals surface area contributed by atoms with Crippen LogP contribution >= 0.6 is 0 Å². The Morgan fingerprint density at radius 1 is 0.436 bits per heavy atom. The number of fused-ring (bicyclic) bond motifs is 11. The van der Waals surface area contributed by atoms with Crippen molar-refractivity contribution in [1.29, 1.82) is 0 Å². The molecule has 0 aliphatic rings. The molecule has 0 N–H and O–H groups in total. The van der Waals surface area contributed by atoms with Gasteiger partial charge >= 0.3 is 0 Å². The molecule has 0 fully saturated rings. The SMILES string of the molecule is c1ccc(-c2nc3c(N(c4ccc5c(c4)c4ccccc4n5-c4ccccc4)c4cccc5oc6ccccc6c45)cc4oc5ccccc5c4c3o2)cc1. The van der Waals surface area contributed by atoms with Gasteiger partial charge in [-0.05, 0) is 72.8 Å². The number of rotatable bonds is 5. The van der Waals surface area contributed by atoms with Gasteiger partial charge in [-0.15, -0.1) is 0 Å². The van der Waals surface area contributed by atoms with Crippen LogP contribution in [-0.4, -0.2) is 9.55 Å². The standard InChI is InChI=1S/C49H29N3O3/c1-3-14-30(15-4-1)49-50-47-40(29-44-46(48(47)55-49)35-20-9-12-24-42(35)54-44)52(39-22-13-25-43-45(39)34-19-8-11-23-41(34)53-43)32-26-27-38-36(28-32)33-18-7-10-21-37(33)51(38)31-16-5-2-6-17-31/h1-29H. The lowest BCUT2D eigenvalue weighted by atomic mass is 10.1. The first kappa shape index (κ1) is 29.9. The Balaban J connectivity index is 1.22. The Labute approximate surface area is 313 Å². The van der Waals surface area contributed by atoms with E-state index in [4.69, 9.17) is 18.2 Å². The summed E-state index contributed by atoms with van der Waals surface area (Å²) in [5.74, 6) is 0.544. The van der Waals surface area contributed by atoms with E-state index in [-0.39, 0.29) is 0 Å². The molecular formula is C49H29N3O3. The molecule has 12 rings (SSSR count). The molecule has 0 amide bonds. The zero-order valence-corrected chi connectivity index (χ0v) is 29.3. The topological polar surface area (TPSA) is 60.5 Å². The van der Waals surface area contributed by atoms with E-state index in [1.54, 1.807) is 0 Å². The molecule has 0 aliphatic heterocycles. The first-order chi connectivity index (χ1) is 27.3. The second-order valence-corrected chi connectivity index (χ2v) is 13.9. The zero-order chi connectivity index (χ0) is 36.0. The number of oxazole rings is 1. The van der Waals surface area contributed by atoms with Crippen LogP contribution < -0.4 is 4.90 Å². The average molecular weight is 708 g/mol. The first-order valence-electron chi connectivity index (χ1n) is 18.4. The third-order valence-electron chi connectivity index (χ3n) is 10.8. The normalized spacial score (nSPS) is 12.0. The largest absolute Gasteiger partial charge is 0.456 e. The van der Waals surface area contributed by atoms with Crippen LogP contribution in [0.4, 0.5) is 17.1 Å². The Kier molecular flexibility index (Phi) is 6.24. The summed E-state index contributed by atoms with van der Waals surface area (Å²) < 4.78 is 22.2. The van der Waals surface area contributed by atoms with E-state index in [1.807, 2.05) is 66.7 Å². The maximum atomic E-state index is 6.80. The van der Waals surface area contributed by atoms with E-state index in [0.29, 0.717) is 11.5 Å². The zero-order valence-electron chi connectivity index (χ0n) is 29.3. The fourth-order valence-corrected chi connectivity index (χ4v) is 8.44. The third-order valence-corrected chi connectivity index (χ3v) is 10.8. The van der Waals surface area contributed by atoms with E-state index in [2.05, 4.69) is 119 Å². The fraction of sp³-hybridized carbons (Fsp3) is 0. The molecule has 4 aromatic heterocycles. The van der Waals surface area contributed by atoms with E-state index >= 15 is 0 Å². The van der Waals surface area contributed by atoms with Crippen molar-refractivity contribution >= 4 is 93.8 Å². The van der Waals surface area contributed by atoms with Crippen molar-refractivity contribution in [2.75, 3.05) is 4.90 Å². The van der Waals surface area contributed by atoms with E-state index in [9.17, 15) is 0 Å². The lowest BCUT2D eigenvalue weighted by Gasteiger charge is -2.26. The summed E-state index contributed by atoms with van der Waals surface area (Å²) >= 11 is 0. The van der Waals surface area contributed by atoms with Crippen LogP contribution in [0.5, 0.6) is 0 Å². The number of benzene rings is 8. The predicted octanol–water partition coefficient (Wildman–Crippen LogP) is 13.9. The number of hydrogen-bond acceptors (Lipinski definition) is 5. The van der Waals surface area contributed by atoms with Crippen molar-refractivity contribution in [3.8, 4) is 17.1 Å². The second kappa shape index (κ2) is 11.5. The summed E-state index contributed by atoms with van der Waals surface area (Å²) in [4.78, 5) is 7.60. The number of aromatic nitrogens is 2. The molecular weight excluding hydrogens is 679 g/mol. The van der Waals surface area contributed by atoms with Gasteiger partial charge in [-0.2, -0.15) is 0 Å². The van der Waals surface area contributed by atoms with Gasteiger partial charge in [0.15, 0.2) is 5.58 Å². The molecule has 0 atom stereocenters. The molecule has 258 valence electrons. The molecule has 0 unspecified atom stereocenters.